The second-order valence-electron chi connectivity index (χ2n) is 5.70. The van der Waals surface area contributed by atoms with Gasteiger partial charge in [0.2, 0.25) is 0 Å². The molecule has 0 aromatic heterocycles. The molecule has 0 spiro atoms. The van der Waals surface area contributed by atoms with Crippen molar-refractivity contribution in [3.8, 4) is 0 Å². The highest BCUT2D eigenvalue weighted by Crippen LogP contribution is 2.22. The third-order valence-corrected chi connectivity index (χ3v) is 4.15. The van der Waals surface area contributed by atoms with Crippen LogP contribution in [0, 0.1) is 19.8 Å². The summed E-state index contributed by atoms with van der Waals surface area (Å²) in [6.45, 7) is 9.51. The van der Waals surface area contributed by atoms with Crippen molar-refractivity contribution in [1.29, 1.82) is 0 Å². The minimum Gasteiger partial charge on any atom is -0.466 e. The summed E-state index contributed by atoms with van der Waals surface area (Å²) in [4.78, 5) is 14.3. The number of carbonyl (C=O) groups excluding carboxylic acids is 1. The van der Waals surface area contributed by atoms with Gasteiger partial charge in [0.1, 0.15) is 0 Å². The van der Waals surface area contributed by atoms with E-state index in [0.717, 1.165) is 32.5 Å². The topological polar surface area (TPSA) is 29.5 Å². The first-order valence-corrected chi connectivity index (χ1v) is 7.56. The first-order valence-electron chi connectivity index (χ1n) is 7.56. The molecule has 1 aromatic carbocycles. The highest BCUT2D eigenvalue weighted by Gasteiger charge is 2.27. The maximum Gasteiger partial charge on any atom is 0.310 e. The Hall–Kier alpha value is -1.35. The van der Waals surface area contributed by atoms with Gasteiger partial charge >= 0.3 is 5.97 Å². The molecule has 1 aliphatic heterocycles. The molecule has 1 saturated heterocycles. The molecule has 1 fully saturated rings. The Morgan fingerprint density at radius 2 is 2.05 bits per heavy atom. The fourth-order valence-electron chi connectivity index (χ4n) is 2.97. The lowest BCUT2D eigenvalue weighted by molar-refractivity contribution is -0.150. The van der Waals surface area contributed by atoms with Gasteiger partial charge in [-0.25, -0.2) is 0 Å². The van der Waals surface area contributed by atoms with Gasteiger partial charge in [-0.05, 0) is 56.8 Å². The van der Waals surface area contributed by atoms with Crippen LogP contribution in [0.4, 0.5) is 0 Å². The summed E-state index contributed by atoms with van der Waals surface area (Å²) in [5, 5.41) is 0. The molecule has 0 bridgehead atoms. The van der Waals surface area contributed by atoms with E-state index in [0.29, 0.717) is 6.61 Å². The molecule has 1 heterocycles. The number of esters is 1. The zero-order chi connectivity index (χ0) is 14.5. The van der Waals surface area contributed by atoms with Crippen LogP contribution in [0.5, 0.6) is 0 Å². The second-order valence-corrected chi connectivity index (χ2v) is 5.70. The quantitative estimate of drug-likeness (QED) is 0.791. The number of rotatable bonds is 4. The summed E-state index contributed by atoms with van der Waals surface area (Å²) in [5.74, 6) is 0.0201. The Bertz CT molecular complexity index is 450. The van der Waals surface area contributed by atoms with E-state index in [1.165, 1.54) is 16.7 Å². The van der Waals surface area contributed by atoms with E-state index in [2.05, 4.69) is 36.9 Å². The van der Waals surface area contributed by atoms with Crippen LogP contribution >= 0.6 is 0 Å². The fraction of sp³-hybridized carbons (Fsp3) is 0.588. The Balaban J connectivity index is 2.01. The lowest BCUT2D eigenvalue weighted by Gasteiger charge is -2.32. The zero-order valence-electron chi connectivity index (χ0n) is 12.8. The Morgan fingerprint density at radius 1 is 1.35 bits per heavy atom. The first kappa shape index (κ1) is 15.0. The first-order chi connectivity index (χ1) is 9.61. The van der Waals surface area contributed by atoms with Crippen molar-refractivity contribution in [1.82, 2.24) is 4.90 Å². The van der Waals surface area contributed by atoms with E-state index in [1.54, 1.807) is 0 Å². The van der Waals surface area contributed by atoms with Crippen molar-refractivity contribution >= 4 is 5.97 Å². The van der Waals surface area contributed by atoms with Gasteiger partial charge in [0.25, 0.3) is 0 Å². The SMILES string of the molecule is CCOC(=O)C1CCCN(Cc2c(C)cccc2C)C1. The van der Waals surface area contributed by atoms with Crippen LogP contribution < -0.4 is 0 Å². The van der Waals surface area contributed by atoms with Crippen LogP contribution in [0.15, 0.2) is 18.2 Å². The Kier molecular flexibility index (Phi) is 5.18. The molecule has 0 saturated carbocycles. The van der Waals surface area contributed by atoms with E-state index in [1.807, 2.05) is 6.92 Å². The van der Waals surface area contributed by atoms with Gasteiger partial charge < -0.3 is 4.74 Å². The van der Waals surface area contributed by atoms with E-state index in [4.69, 9.17) is 4.74 Å². The molecule has 1 unspecified atom stereocenters. The molecule has 0 aliphatic carbocycles. The molecule has 1 aliphatic rings. The van der Waals surface area contributed by atoms with Gasteiger partial charge in [-0.1, -0.05) is 18.2 Å². The largest absolute Gasteiger partial charge is 0.466 e. The maximum absolute atomic E-state index is 11.9. The number of benzene rings is 1. The van der Waals surface area contributed by atoms with Crippen LogP contribution in [-0.2, 0) is 16.1 Å². The minimum atomic E-state index is -0.0290. The number of nitrogens with zero attached hydrogens (tertiary/aromatic N) is 1. The summed E-state index contributed by atoms with van der Waals surface area (Å²) in [5.41, 5.74) is 4.07. The molecule has 3 nitrogen and oxygen atoms in total. The van der Waals surface area contributed by atoms with Gasteiger partial charge in [0.05, 0.1) is 12.5 Å². The van der Waals surface area contributed by atoms with Crippen molar-refractivity contribution in [3.05, 3.63) is 34.9 Å². The zero-order valence-corrected chi connectivity index (χ0v) is 12.8. The highest BCUT2D eigenvalue weighted by molar-refractivity contribution is 5.72. The predicted octanol–water partition coefficient (Wildman–Crippen LogP) is 3.08. The van der Waals surface area contributed by atoms with E-state index < -0.39 is 0 Å². The average molecular weight is 275 g/mol. The molecule has 110 valence electrons. The van der Waals surface area contributed by atoms with Gasteiger partial charge in [0.15, 0.2) is 0 Å². The number of hydrogen-bond acceptors (Lipinski definition) is 3. The second kappa shape index (κ2) is 6.89. The summed E-state index contributed by atoms with van der Waals surface area (Å²) >= 11 is 0. The molecule has 3 heteroatoms. The number of likely N-dealkylation sites (tertiary alicyclic amines) is 1. The molecular formula is C17H25NO2. The highest BCUT2D eigenvalue weighted by atomic mass is 16.5. The fourth-order valence-corrected chi connectivity index (χ4v) is 2.97. The molecule has 0 amide bonds. The van der Waals surface area contributed by atoms with Gasteiger partial charge in [-0.3, -0.25) is 9.69 Å². The standard InChI is InChI=1S/C17H25NO2/c1-4-20-17(19)15-9-6-10-18(11-15)12-16-13(2)7-5-8-14(16)3/h5,7-8,15H,4,6,9-12H2,1-3H3. The molecule has 1 aromatic rings. The summed E-state index contributed by atoms with van der Waals surface area (Å²) in [6, 6.07) is 6.43. The Morgan fingerprint density at radius 3 is 2.70 bits per heavy atom. The van der Waals surface area contributed by atoms with Crippen molar-refractivity contribution in [2.45, 2.75) is 40.2 Å². The van der Waals surface area contributed by atoms with Crippen LogP contribution in [0.1, 0.15) is 36.5 Å². The van der Waals surface area contributed by atoms with Gasteiger partial charge in [-0.2, -0.15) is 0 Å². The van der Waals surface area contributed by atoms with Crippen molar-refractivity contribution in [2.24, 2.45) is 5.92 Å². The molecule has 20 heavy (non-hydrogen) atoms. The average Bonchev–Trinajstić information content (AvgIpc) is 2.44. The van der Waals surface area contributed by atoms with Gasteiger partial charge in [0, 0.05) is 13.1 Å². The number of piperidine rings is 1. The molecule has 2 rings (SSSR count). The van der Waals surface area contributed by atoms with Gasteiger partial charge in [-0.15, -0.1) is 0 Å². The predicted molar refractivity (Wildman–Crippen MR) is 80.6 cm³/mol. The molecule has 1 atom stereocenters. The van der Waals surface area contributed by atoms with Crippen molar-refractivity contribution in [3.63, 3.8) is 0 Å². The molecule has 0 N–H and O–H groups in total. The third kappa shape index (κ3) is 3.60. The lowest BCUT2D eigenvalue weighted by atomic mass is 9.96. The number of aryl methyl sites for hydroxylation is 2. The summed E-state index contributed by atoms with van der Waals surface area (Å²) in [7, 11) is 0. The maximum atomic E-state index is 11.9. The lowest BCUT2D eigenvalue weighted by Crippen LogP contribution is -2.39. The van der Waals surface area contributed by atoms with E-state index in [9.17, 15) is 4.79 Å². The molecule has 0 radical (unpaired) electrons. The van der Waals surface area contributed by atoms with Crippen LogP contribution in [0.2, 0.25) is 0 Å². The van der Waals surface area contributed by atoms with E-state index in [-0.39, 0.29) is 11.9 Å². The summed E-state index contributed by atoms with van der Waals surface area (Å²) < 4.78 is 5.16. The van der Waals surface area contributed by atoms with E-state index >= 15 is 0 Å². The monoisotopic (exact) mass is 275 g/mol. The summed E-state index contributed by atoms with van der Waals surface area (Å²) in [6.07, 6.45) is 2.04. The van der Waals surface area contributed by atoms with Crippen LogP contribution in [0.3, 0.4) is 0 Å². The Labute approximate surface area is 121 Å². The van der Waals surface area contributed by atoms with Crippen molar-refractivity contribution < 1.29 is 9.53 Å². The normalized spacial score (nSPS) is 19.9. The number of ether oxygens (including phenoxy) is 1. The molecular weight excluding hydrogens is 250 g/mol. The van der Waals surface area contributed by atoms with Crippen molar-refractivity contribution in [2.75, 3.05) is 19.7 Å². The smallest absolute Gasteiger partial charge is 0.310 e. The van der Waals surface area contributed by atoms with Crippen LogP contribution in [-0.4, -0.2) is 30.6 Å². The number of carbonyl (C=O) groups is 1. The van der Waals surface area contributed by atoms with Crippen LogP contribution in [0.25, 0.3) is 0 Å². The minimum absolute atomic E-state index is 0.0290. The number of hydrogen-bond donors (Lipinski definition) is 0. The third-order valence-electron chi connectivity index (χ3n) is 4.15.